The van der Waals surface area contributed by atoms with Crippen LogP contribution in [-0.4, -0.2) is 32.1 Å². The number of nitrogens with zero attached hydrogens (tertiary/aromatic N) is 4. The number of para-hydroxylation sites is 1. The molecule has 1 aromatic carbocycles. The lowest BCUT2D eigenvalue weighted by atomic mass is 10.0. The topological polar surface area (TPSA) is 68.1 Å². The number of fused-ring (bicyclic) bond motifs is 1. The number of hydrogen-bond acceptors (Lipinski definition) is 5. The zero-order chi connectivity index (χ0) is 18.8. The predicted molar refractivity (Wildman–Crippen MR) is 106 cm³/mol. The number of carbonyl (C=O) groups is 1. The van der Waals surface area contributed by atoms with E-state index in [0.29, 0.717) is 18.8 Å². The van der Waals surface area contributed by atoms with E-state index in [1.807, 2.05) is 30.0 Å². The van der Waals surface area contributed by atoms with Crippen LogP contribution in [0.25, 0.3) is 10.2 Å². The van der Waals surface area contributed by atoms with E-state index in [-0.39, 0.29) is 17.5 Å². The van der Waals surface area contributed by atoms with Crippen molar-refractivity contribution in [2.24, 2.45) is 0 Å². The van der Waals surface area contributed by atoms with Crippen LogP contribution in [0.4, 0.5) is 0 Å². The Kier molecular flexibility index (Phi) is 5.03. The van der Waals surface area contributed by atoms with E-state index in [1.165, 1.54) is 10.7 Å². The van der Waals surface area contributed by atoms with Gasteiger partial charge in [0.1, 0.15) is 10.7 Å². The van der Waals surface area contributed by atoms with Gasteiger partial charge in [0.2, 0.25) is 0 Å². The van der Waals surface area contributed by atoms with Crippen LogP contribution in [-0.2, 0) is 6.54 Å². The molecule has 0 saturated carbocycles. The lowest BCUT2D eigenvalue weighted by Crippen LogP contribution is -2.39. The zero-order valence-electron chi connectivity index (χ0n) is 15.3. The van der Waals surface area contributed by atoms with Crippen molar-refractivity contribution in [1.29, 1.82) is 0 Å². The Labute approximate surface area is 161 Å². The average molecular weight is 382 g/mol. The van der Waals surface area contributed by atoms with Gasteiger partial charge in [-0.05, 0) is 43.9 Å². The van der Waals surface area contributed by atoms with Crippen LogP contribution in [0.1, 0.15) is 54.1 Å². The molecule has 0 N–H and O–H groups in total. The summed E-state index contributed by atoms with van der Waals surface area (Å²) in [7, 11) is 0. The van der Waals surface area contributed by atoms with Crippen molar-refractivity contribution in [3.63, 3.8) is 0 Å². The number of likely N-dealkylation sites (tertiary alicyclic amines) is 1. The minimum Gasteiger partial charge on any atom is -0.328 e. The van der Waals surface area contributed by atoms with E-state index < -0.39 is 0 Å². The molecular weight excluding hydrogens is 360 g/mol. The minimum atomic E-state index is -0.172. The molecule has 7 heteroatoms. The maximum atomic E-state index is 13.2. The number of carbonyl (C=O) groups excluding carboxylic acids is 1. The van der Waals surface area contributed by atoms with Crippen molar-refractivity contribution in [3.8, 4) is 0 Å². The van der Waals surface area contributed by atoms with Crippen LogP contribution in [0.5, 0.6) is 0 Å². The molecule has 0 aliphatic carbocycles. The number of amides is 1. The molecule has 0 spiro atoms. The first kappa shape index (κ1) is 17.9. The highest BCUT2D eigenvalue weighted by Gasteiger charge is 2.31. The maximum absolute atomic E-state index is 13.2. The highest BCUT2D eigenvalue weighted by atomic mass is 32.1. The molecule has 1 aliphatic heterocycles. The van der Waals surface area contributed by atoms with Crippen molar-refractivity contribution in [1.82, 2.24) is 19.7 Å². The quantitative estimate of drug-likeness (QED) is 0.691. The largest absolute Gasteiger partial charge is 0.328 e. The second-order valence-corrected chi connectivity index (χ2v) is 7.87. The van der Waals surface area contributed by atoms with Crippen LogP contribution in [0.2, 0.25) is 0 Å². The first-order valence-electron chi connectivity index (χ1n) is 9.42. The summed E-state index contributed by atoms with van der Waals surface area (Å²) in [5, 5.41) is 5.28. The number of hydrogen-bond donors (Lipinski definition) is 0. The molecule has 27 heavy (non-hydrogen) atoms. The lowest BCUT2D eigenvalue weighted by Gasteiger charge is -2.34. The minimum absolute atomic E-state index is 0.0306. The maximum Gasteiger partial charge on any atom is 0.274 e. The molecule has 6 nitrogen and oxygen atoms in total. The first-order valence-corrected chi connectivity index (χ1v) is 10.2. The second-order valence-electron chi connectivity index (χ2n) is 6.81. The van der Waals surface area contributed by atoms with Crippen LogP contribution < -0.4 is 5.56 Å². The summed E-state index contributed by atoms with van der Waals surface area (Å²) in [6, 6.07) is 11.0. The summed E-state index contributed by atoms with van der Waals surface area (Å²) < 4.78 is 2.52. The van der Waals surface area contributed by atoms with Gasteiger partial charge >= 0.3 is 0 Å². The fraction of sp³-hybridized carbons (Fsp3) is 0.400. The third-order valence-electron chi connectivity index (χ3n) is 4.88. The van der Waals surface area contributed by atoms with Crippen molar-refractivity contribution in [2.75, 3.05) is 6.54 Å². The van der Waals surface area contributed by atoms with E-state index in [9.17, 15) is 9.59 Å². The van der Waals surface area contributed by atoms with Gasteiger partial charge in [-0.3, -0.25) is 9.59 Å². The van der Waals surface area contributed by atoms with Crippen LogP contribution in [0, 0.1) is 0 Å². The van der Waals surface area contributed by atoms with Crippen molar-refractivity contribution in [3.05, 3.63) is 57.5 Å². The van der Waals surface area contributed by atoms with Crippen molar-refractivity contribution < 1.29 is 4.79 Å². The van der Waals surface area contributed by atoms with Gasteiger partial charge in [0.05, 0.1) is 16.3 Å². The van der Waals surface area contributed by atoms with Crippen molar-refractivity contribution in [2.45, 2.75) is 45.2 Å². The molecule has 140 valence electrons. The molecule has 1 saturated heterocycles. The normalized spacial score (nSPS) is 17.4. The van der Waals surface area contributed by atoms with E-state index in [4.69, 9.17) is 4.98 Å². The smallest absolute Gasteiger partial charge is 0.274 e. The standard InChI is InChI=1S/C20H22N4O2S/c1-2-12-24-18(25)11-10-15(22-24)20(26)23-13-6-5-8-16(23)19-21-14-7-3-4-9-17(14)27-19/h3-4,7,9-11,16H,2,5-6,8,12-13H2,1H3/t16-/m0/s1. The second kappa shape index (κ2) is 7.60. The molecule has 1 amide bonds. The molecule has 3 heterocycles. The third-order valence-corrected chi connectivity index (χ3v) is 6.02. The Hall–Kier alpha value is -2.54. The number of rotatable bonds is 4. The Morgan fingerprint density at radius 3 is 2.89 bits per heavy atom. The summed E-state index contributed by atoms with van der Waals surface area (Å²) in [4.78, 5) is 31.8. The summed E-state index contributed by atoms with van der Waals surface area (Å²) in [6.45, 7) is 3.19. The Bertz CT molecular complexity index is 993. The molecule has 0 unspecified atom stereocenters. The average Bonchev–Trinajstić information content (AvgIpc) is 3.13. The Balaban J connectivity index is 1.66. The van der Waals surface area contributed by atoms with Gasteiger partial charge in [-0.2, -0.15) is 5.10 Å². The molecule has 1 atom stereocenters. The van der Waals surface area contributed by atoms with Gasteiger partial charge < -0.3 is 4.90 Å². The van der Waals surface area contributed by atoms with Gasteiger partial charge in [-0.1, -0.05) is 19.1 Å². The number of aryl methyl sites for hydroxylation is 1. The van der Waals surface area contributed by atoms with E-state index in [0.717, 1.165) is 40.9 Å². The van der Waals surface area contributed by atoms with Gasteiger partial charge in [-0.15, -0.1) is 11.3 Å². The Morgan fingerprint density at radius 1 is 1.22 bits per heavy atom. The molecule has 0 bridgehead atoms. The number of thiazole rings is 1. The fourth-order valence-electron chi connectivity index (χ4n) is 3.55. The molecular formula is C20H22N4O2S. The molecule has 2 aromatic heterocycles. The molecule has 1 aliphatic rings. The fourth-order valence-corrected chi connectivity index (χ4v) is 4.66. The van der Waals surface area contributed by atoms with Crippen LogP contribution in [0.3, 0.4) is 0 Å². The lowest BCUT2D eigenvalue weighted by molar-refractivity contribution is 0.0602. The molecule has 4 rings (SSSR count). The van der Waals surface area contributed by atoms with Gasteiger partial charge in [0.15, 0.2) is 0 Å². The molecule has 3 aromatic rings. The first-order chi connectivity index (χ1) is 13.2. The third kappa shape index (κ3) is 3.51. The predicted octanol–water partition coefficient (Wildman–Crippen LogP) is 3.63. The molecule has 1 fully saturated rings. The van der Waals surface area contributed by atoms with Gasteiger partial charge in [0, 0.05) is 19.2 Å². The van der Waals surface area contributed by atoms with E-state index >= 15 is 0 Å². The van der Waals surface area contributed by atoms with Crippen LogP contribution in [0.15, 0.2) is 41.2 Å². The molecule has 0 radical (unpaired) electrons. The summed E-state index contributed by atoms with van der Waals surface area (Å²) in [5.41, 5.74) is 1.14. The monoisotopic (exact) mass is 382 g/mol. The van der Waals surface area contributed by atoms with E-state index in [1.54, 1.807) is 17.4 Å². The summed E-state index contributed by atoms with van der Waals surface area (Å²) >= 11 is 1.65. The SMILES string of the molecule is CCCn1nc(C(=O)N2CCCC[C@H]2c2nc3ccccc3s2)ccc1=O. The summed E-state index contributed by atoms with van der Waals surface area (Å²) in [5.74, 6) is -0.121. The highest BCUT2D eigenvalue weighted by molar-refractivity contribution is 7.18. The van der Waals surface area contributed by atoms with Gasteiger partial charge in [-0.25, -0.2) is 9.67 Å². The summed E-state index contributed by atoms with van der Waals surface area (Å²) in [6.07, 6.45) is 3.75. The van der Waals surface area contributed by atoms with Crippen molar-refractivity contribution >= 4 is 27.5 Å². The van der Waals surface area contributed by atoms with Gasteiger partial charge in [0.25, 0.3) is 11.5 Å². The highest BCUT2D eigenvalue weighted by Crippen LogP contribution is 2.36. The van der Waals surface area contributed by atoms with E-state index in [2.05, 4.69) is 11.2 Å². The number of piperidine rings is 1. The number of aromatic nitrogens is 3. The number of benzene rings is 1. The van der Waals surface area contributed by atoms with Crippen LogP contribution >= 0.6 is 11.3 Å². The zero-order valence-corrected chi connectivity index (χ0v) is 16.1. The Morgan fingerprint density at radius 2 is 2.07 bits per heavy atom.